The van der Waals surface area contributed by atoms with Crippen LogP contribution >= 0.6 is 0 Å². The highest BCUT2D eigenvalue weighted by Gasteiger charge is 2.42. The van der Waals surface area contributed by atoms with E-state index in [4.69, 9.17) is 23.7 Å². The van der Waals surface area contributed by atoms with Gasteiger partial charge in [-0.05, 0) is 216 Å². The molecule has 10 amide bonds. The molecule has 1 aromatic heterocycles. The van der Waals surface area contributed by atoms with Gasteiger partial charge in [0, 0.05) is 50.7 Å². The number of benzene rings is 7. The zero-order valence-corrected chi connectivity index (χ0v) is 85.2. The van der Waals surface area contributed by atoms with Crippen LogP contribution in [0.4, 0.5) is 4.79 Å². The van der Waals surface area contributed by atoms with Gasteiger partial charge in [0.2, 0.25) is 59.1 Å². The van der Waals surface area contributed by atoms with Gasteiger partial charge in [-0.3, -0.25) is 52.5 Å². The van der Waals surface area contributed by atoms with Gasteiger partial charge in [0.25, 0.3) is 0 Å². The Morgan fingerprint density at radius 1 is 0.341 bits per heavy atom. The van der Waals surface area contributed by atoms with Crippen molar-refractivity contribution in [2.45, 2.75) is 336 Å². The summed E-state index contributed by atoms with van der Waals surface area (Å²) in [6.07, 6.45) is 10.0. The standard InChI is InChI=1S/C111H153N11O16/c1-22-23-24-25-26-27-28-29-30-42-63-112-97(125)93(70-96(124)121-111(80-43-34-31-35-44-80,81-45-36-32-37-46-81)82-47-38-33-39-48-82)119-102(130)90(67-77-53-59-84(60-54-77)136-108(13,14)15)116-99(127)88(65-74(4)5)114-100(128)91(68-78-55-61-85(62-56-78)137-109(16,17)18)117-104(132)94(72-134-106(7,8)9)120-103(131)92(69-79-71-122(105(133)138-110(19,20)21)95-50-41-40-49-86(79)95)118-101(129)89(115-98(126)87(64-73(2)3)113-75(6)123)66-76-51-57-83(58-52-76)135-107(10,11)12/h31-41,43-62,71,73-74,87-94H,22-30,42,63-70,72H2,1-21H3,(H,112,125)(H,113,123)(H,114,128)(H,115,126)(H,116,127)(H,117,132)(H,118,129)(H,119,130)(H,120,131)(H,121,124)/t87-,88-,89-,90-,91-,92-,93-,94-/m0/s1. The summed E-state index contributed by atoms with van der Waals surface area (Å²) in [7, 11) is 0. The maximum atomic E-state index is 16.0. The lowest BCUT2D eigenvalue weighted by atomic mass is 9.77. The van der Waals surface area contributed by atoms with Gasteiger partial charge >= 0.3 is 6.09 Å². The number of rotatable bonds is 50. The Kier molecular flexibility index (Phi) is 41.7. The zero-order chi connectivity index (χ0) is 101. The van der Waals surface area contributed by atoms with Gasteiger partial charge in [0.1, 0.15) is 93.5 Å². The molecule has 27 nitrogen and oxygen atoms in total. The predicted molar refractivity (Wildman–Crippen MR) is 541 cm³/mol. The summed E-state index contributed by atoms with van der Waals surface area (Å²) >= 11 is 0. The van der Waals surface area contributed by atoms with Crippen molar-refractivity contribution in [2.24, 2.45) is 11.8 Å². The lowest BCUT2D eigenvalue weighted by Crippen LogP contribution is -2.62. The number of nitrogens with zero attached hydrogens (tertiary/aromatic N) is 1. The van der Waals surface area contributed by atoms with Crippen molar-refractivity contribution >= 4 is 76.1 Å². The summed E-state index contributed by atoms with van der Waals surface area (Å²) < 4.78 is 32.1. The van der Waals surface area contributed by atoms with Crippen molar-refractivity contribution < 1.29 is 76.4 Å². The Morgan fingerprint density at radius 2 is 0.674 bits per heavy atom. The molecule has 0 radical (unpaired) electrons. The number of amides is 10. The molecule has 138 heavy (non-hydrogen) atoms. The van der Waals surface area contributed by atoms with Gasteiger partial charge in [-0.1, -0.05) is 238 Å². The molecule has 7 aromatic carbocycles. The first-order valence-corrected chi connectivity index (χ1v) is 49.0. The van der Waals surface area contributed by atoms with Crippen LogP contribution in [0, 0.1) is 11.8 Å². The molecule has 0 saturated heterocycles. The van der Waals surface area contributed by atoms with Crippen molar-refractivity contribution in [1.82, 2.24) is 57.7 Å². The van der Waals surface area contributed by atoms with E-state index >= 15 is 38.4 Å². The summed E-state index contributed by atoms with van der Waals surface area (Å²) in [5, 5.41) is 30.1. The molecule has 0 bridgehead atoms. The number of hydrogen-bond acceptors (Lipinski definition) is 16. The first kappa shape index (κ1) is 111. The number of nitrogens with one attached hydrogen (secondary N) is 10. The largest absolute Gasteiger partial charge is 0.488 e. The Bertz CT molecular complexity index is 5170. The molecule has 0 unspecified atom stereocenters. The number of para-hydroxylation sites is 1. The fourth-order valence-corrected chi connectivity index (χ4v) is 16.2. The van der Waals surface area contributed by atoms with E-state index in [0.29, 0.717) is 56.8 Å². The van der Waals surface area contributed by atoms with E-state index < -0.39 is 160 Å². The van der Waals surface area contributed by atoms with Gasteiger partial charge in [-0.15, -0.1) is 0 Å². The fraction of sp³-hybridized carbons (Fsp3) is 0.505. The molecular formula is C111H153N11O16. The number of fused-ring (bicyclic) bond motifs is 1. The number of carbonyl (C=O) groups excluding carboxylic acids is 11. The molecule has 0 spiro atoms. The van der Waals surface area contributed by atoms with Crippen LogP contribution in [0.5, 0.6) is 17.2 Å². The van der Waals surface area contributed by atoms with Crippen LogP contribution in [0.2, 0.25) is 0 Å². The van der Waals surface area contributed by atoms with E-state index in [9.17, 15) is 14.4 Å². The maximum Gasteiger partial charge on any atom is 0.419 e. The van der Waals surface area contributed by atoms with Crippen LogP contribution in [0.1, 0.15) is 268 Å². The Hall–Kier alpha value is -12.4. The Balaban J connectivity index is 1.18. The van der Waals surface area contributed by atoms with E-state index in [2.05, 4.69) is 60.1 Å². The smallest absolute Gasteiger partial charge is 0.419 e. The van der Waals surface area contributed by atoms with Gasteiger partial charge in [0.15, 0.2) is 0 Å². The number of hydrogen-bond donors (Lipinski definition) is 10. The third-order valence-electron chi connectivity index (χ3n) is 22.6. The summed E-state index contributed by atoms with van der Waals surface area (Å²) in [4.78, 5) is 167. The molecule has 0 aliphatic carbocycles. The lowest BCUT2D eigenvalue weighted by molar-refractivity contribution is -0.137. The molecule has 8 rings (SSSR count). The average Bonchev–Trinajstić information content (AvgIpc) is 0.953. The van der Waals surface area contributed by atoms with Crippen LogP contribution in [-0.4, -0.2) is 159 Å². The van der Waals surface area contributed by atoms with Gasteiger partial charge < -0.3 is 76.9 Å². The quantitative estimate of drug-likeness (QED) is 0.0125. The average molecular weight is 1900 g/mol. The van der Waals surface area contributed by atoms with Crippen LogP contribution in [0.25, 0.3) is 10.9 Å². The predicted octanol–water partition coefficient (Wildman–Crippen LogP) is 16.6. The molecule has 8 aromatic rings. The number of aromatic nitrogens is 1. The number of unbranched alkanes of at least 4 members (excludes halogenated alkanes) is 9. The minimum absolute atomic E-state index is 0.0286. The van der Waals surface area contributed by atoms with Gasteiger partial charge in [-0.25, -0.2) is 4.79 Å². The topological polar surface area (TPSA) is 359 Å². The molecular weight excluding hydrogens is 1740 g/mol. The SMILES string of the molecule is CCCCCCCCCCCCNC(=O)[C@H](CC(=O)NC(c1ccccc1)(c1ccccc1)c1ccccc1)NC(=O)[C@H](Cc1ccc(OC(C)(C)C)cc1)NC(=O)[C@H](CC(C)C)NC(=O)[C@H](Cc1ccc(OC(C)(C)C)cc1)NC(=O)[C@H](COC(C)(C)C)NC(=O)[C@H](Cc1cn(C(=O)OC(C)(C)C)c2ccccc12)NC(=O)[C@H](Cc1ccc(OC(C)(C)C)cc1)NC(=O)[C@H](CC(C)C)NC(C)=O. The summed E-state index contributed by atoms with van der Waals surface area (Å²) in [5.41, 5.74) is -0.383. The minimum Gasteiger partial charge on any atom is -0.488 e. The molecule has 8 atom stereocenters. The van der Waals surface area contributed by atoms with Gasteiger partial charge in [0.05, 0.1) is 24.1 Å². The fourth-order valence-electron chi connectivity index (χ4n) is 16.2. The highest BCUT2D eigenvalue weighted by molar-refractivity contribution is 6.00. The summed E-state index contributed by atoms with van der Waals surface area (Å²) in [6, 6.07) is 44.3. The monoisotopic (exact) mass is 1900 g/mol. The van der Waals surface area contributed by atoms with Crippen LogP contribution in [-0.2, 0) is 88.6 Å². The third-order valence-corrected chi connectivity index (χ3v) is 22.6. The molecule has 27 heteroatoms. The normalized spacial score (nSPS) is 13.8. The molecule has 10 N–H and O–H groups in total. The van der Waals surface area contributed by atoms with E-state index in [1.165, 1.54) is 43.4 Å². The highest BCUT2D eigenvalue weighted by Crippen LogP contribution is 2.38. The van der Waals surface area contributed by atoms with Gasteiger partial charge in [-0.2, -0.15) is 0 Å². The maximum absolute atomic E-state index is 16.0. The van der Waals surface area contributed by atoms with E-state index in [-0.39, 0.29) is 56.9 Å². The Labute approximate surface area is 817 Å². The second-order valence-corrected chi connectivity index (χ2v) is 41.9. The first-order valence-electron chi connectivity index (χ1n) is 49.0. The molecule has 0 aliphatic rings. The highest BCUT2D eigenvalue weighted by atomic mass is 16.6. The van der Waals surface area contributed by atoms with E-state index in [1.807, 2.05) is 181 Å². The minimum atomic E-state index is -1.69. The molecule has 0 aliphatic heterocycles. The van der Waals surface area contributed by atoms with Crippen LogP contribution in [0.15, 0.2) is 194 Å². The number of carbonyl (C=O) groups is 11. The second kappa shape index (κ2) is 51.9. The number of ether oxygens (including phenoxy) is 5. The molecule has 1 heterocycles. The third kappa shape index (κ3) is 37.5. The van der Waals surface area contributed by atoms with E-state index in [1.54, 1.807) is 139 Å². The van der Waals surface area contributed by atoms with Crippen LogP contribution in [0.3, 0.4) is 0 Å². The molecule has 0 fully saturated rings. The van der Waals surface area contributed by atoms with Crippen molar-refractivity contribution in [3.05, 3.63) is 233 Å². The van der Waals surface area contributed by atoms with E-state index in [0.717, 1.165) is 48.8 Å². The summed E-state index contributed by atoms with van der Waals surface area (Å²) in [5.74, 6) is -6.53. The van der Waals surface area contributed by atoms with Crippen molar-refractivity contribution in [1.29, 1.82) is 0 Å². The van der Waals surface area contributed by atoms with Crippen LogP contribution < -0.4 is 67.4 Å². The second-order valence-electron chi connectivity index (χ2n) is 41.9. The first-order chi connectivity index (χ1) is 65.0. The molecule has 0 saturated carbocycles. The zero-order valence-electron chi connectivity index (χ0n) is 85.2. The molecule has 748 valence electrons. The summed E-state index contributed by atoms with van der Waals surface area (Å²) in [6.45, 7) is 38.2. The lowest BCUT2D eigenvalue weighted by Gasteiger charge is -2.37. The van der Waals surface area contributed by atoms with Crippen molar-refractivity contribution in [3.63, 3.8) is 0 Å². The Morgan fingerprint density at radius 3 is 1.04 bits per heavy atom. The van der Waals surface area contributed by atoms with Crippen molar-refractivity contribution in [2.75, 3.05) is 13.2 Å². The van der Waals surface area contributed by atoms with Crippen molar-refractivity contribution in [3.8, 4) is 17.2 Å².